The van der Waals surface area contributed by atoms with Crippen molar-refractivity contribution in [3.8, 4) is 17.0 Å². The van der Waals surface area contributed by atoms with Gasteiger partial charge in [-0.05, 0) is 56.1 Å². The lowest BCUT2D eigenvalue weighted by molar-refractivity contribution is 0.243. The molecule has 4 rings (SSSR count). The van der Waals surface area contributed by atoms with Crippen LogP contribution in [0.15, 0.2) is 46.7 Å². The van der Waals surface area contributed by atoms with Gasteiger partial charge in [-0.25, -0.2) is 9.97 Å². The first-order valence-corrected chi connectivity index (χ1v) is 11.2. The number of rotatable bonds is 7. The minimum atomic E-state index is -0.0911. The van der Waals surface area contributed by atoms with Crippen molar-refractivity contribution in [1.82, 2.24) is 14.5 Å². The molecule has 0 spiro atoms. The summed E-state index contributed by atoms with van der Waals surface area (Å²) in [6, 6.07) is 11.8. The zero-order valence-electron chi connectivity index (χ0n) is 16.9. The molecule has 0 bridgehead atoms. The van der Waals surface area contributed by atoms with Crippen LogP contribution in [-0.2, 0) is 13.7 Å². The lowest BCUT2D eigenvalue weighted by Crippen LogP contribution is -2.07. The number of fused-ring (bicyclic) bond motifs is 1. The molecule has 0 aliphatic carbocycles. The molecule has 0 fully saturated rings. The molecule has 4 aromatic rings. The van der Waals surface area contributed by atoms with Gasteiger partial charge in [0, 0.05) is 22.9 Å². The Kier molecular flexibility index (Phi) is 5.96. The zero-order chi connectivity index (χ0) is 21.3. The fraction of sp³-hybridized carbons (Fsp3) is 0.238. The van der Waals surface area contributed by atoms with Gasteiger partial charge in [0.25, 0.3) is 0 Å². The van der Waals surface area contributed by atoms with Crippen LogP contribution in [0.2, 0.25) is 0 Å². The van der Waals surface area contributed by atoms with E-state index in [0.717, 1.165) is 43.8 Å². The minimum Gasteiger partial charge on any atom is -0.489 e. The number of aryl methyl sites for hydroxylation is 1. The van der Waals surface area contributed by atoms with Crippen LogP contribution in [0.3, 0.4) is 0 Å². The maximum Gasteiger partial charge on any atom is 0.187 e. The van der Waals surface area contributed by atoms with Crippen LogP contribution in [0.5, 0.6) is 5.75 Å². The van der Waals surface area contributed by atoms with Crippen LogP contribution in [0.25, 0.3) is 22.3 Å². The largest absolute Gasteiger partial charge is 0.489 e. The highest BCUT2D eigenvalue weighted by Gasteiger charge is 2.13. The number of hydrogen-bond acceptors (Lipinski definition) is 8. The fourth-order valence-corrected chi connectivity index (χ4v) is 4.23. The van der Waals surface area contributed by atoms with Crippen molar-refractivity contribution in [2.24, 2.45) is 12.2 Å². The molecule has 2 heterocycles. The van der Waals surface area contributed by atoms with Crippen molar-refractivity contribution < 1.29 is 9.84 Å². The van der Waals surface area contributed by atoms with Crippen LogP contribution in [-0.4, -0.2) is 25.7 Å². The summed E-state index contributed by atoms with van der Waals surface area (Å²) in [5.74, 6) is 1.39. The predicted molar refractivity (Wildman–Crippen MR) is 123 cm³/mol. The summed E-state index contributed by atoms with van der Waals surface area (Å²) >= 11 is 2.71. The van der Waals surface area contributed by atoms with E-state index in [4.69, 9.17) is 14.9 Å². The van der Waals surface area contributed by atoms with Gasteiger partial charge in [0.1, 0.15) is 18.2 Å². The maximum absolute atomic E-state index is 9.44. The number of nitrogens with zero attached hydrogens (tertiary/aromatic N) is 3. The fourth-order valence-electron chi connectivity index (χ4n) is 3.17. The normalized spacial score (nSPS) is 11.4. The number of anilines is 2. The van der Waals surface area contributed by atoms with Crippen molar-refractivity contribution in [1.29, 1.82) is 0 Å². The van der Waals surface area contributed by atoms with E-state index in [0.29, 0.717) is 5.82 Å². The van der Waals surface area contributed by atoms with E-state index in [1.807, 2.05) is 67.2 Å². The van der Waals surface area contributed by atoms with Gasteiger partial charge >= 0.3 is 0 Å². The van der Waals surface area contributed by atoms with Crippen molar-refractivity contribution in [2.75, 3.05) is 5.32 Å². The van der Waals surface area contributed by atoms with Crippen LogP contribution >= 0.6 is 23.3 Å². The standard InChI is InChI=1S/C21H23N5O2S2/c1-12(2)28-19-7-5-14(30-22)9-16(19)24-21-25-17(11-29-21)13-4-6-18-15(8-13)23-20(10-27)26(18)3/h4-9,11-12,27H,10,22H2,1-3H3,(H,24,25). The van der Waals surface area contributed by atoms with Crippen LogP contribution in [0.4, 0.5) is 10.8 Å². The highest BCUT2D eigenvalue weighted by atomic mass is 32.2. The first kappa shape index (κ1) is 20.7. The number of nitrogens with two attached hydrogens (primary N) is 1. The summed E-state index contributed by atoms with van der Waals surface area (Å²) in [7, 11) is 1.90. The summed E-state index contributed by atoms with van der Waals surface area (Å²) in [4.78, 5) is 10.2. The Bertz CT molecular complexity index is 1190. The Labute approximate surface area is 183 Å². The average molecular weight is 442 g/mol. The van der Waals surface area contributed by atoms with Gasteiger partial charge < -0.3 is 19.7 Å². The Morgan fingerprint density at radius 3 is 2.80 bits per heavy atom. The molecule has 0 saturated carbocycles. The lowest BCUT2D eigenvalue weighted by Gasteiger charge is -2.15. The van der Waals surface area contributed by atoms with Crippen molar-refractivity contribution in [3.63, 3.8) is 0 Å². The molecule has 0 amide bonds. The molecule has 156 valence electrons. The van der Waals surface area contributed by atoms with Gasteiger partial charge in [-0.1, -0.05) is 6.07 Å². The number of hydrogen-bond donors (Lipinski definition) is 3. The summed E-state index contributed by atoms with van der Waals surface area (Å²) in [6.45, 7) is 3.89. The van der Waals surface area contributed by atoms with Gasteiger partial charge in [0.15, 0.2) is 5.13 Å². The number of aromatic nitrogens is 3. The molecule has 0 atom stereocenters. The molecule has 0 aliphatic rings. The number of ether oxygens (including phenoxy) is 1. The van der Waals surface area contributed by atoms with Crippen molar-refractivity contribution in [3.05, 3.63) is 47.6 Å². The van der Waals surface area contributed by atoms with Crippen molar-refractivity contribution in [2.45, 2.75) is 31.5 Å². The molecule has 0 radical (unpaired) electrons. The molecule has 0 aliphatic heterocycles. The third-order valence-electron chi connectivity index (χ3n) is 4.61. The smallest absolute Gasteiger partial charge is 0.187 e. The van der Waals surface area contributed by atoms with Crippen LogP contribution < -0.4 is 15.2 Å². The second-order valence-corrected chi connectivity index (χ2v) is 8.62. The number of aliphatic hydroxyl groups excluding tert-OH is 1. The predicted octanol–water partition coefficient (Wildman–Crippen LogP) is 4.69. The second kappa shape index (κ2) is 8.65. The molecule has 2 aromatic heterocycles. The first-order valence-electron chi connectivity index (χ1n) is 9.45. The number of benzene rings is 2. The Balaban J connectivity index is 1.63. The monoisotopic (exact) mass is 441 g/mol. The van der Waals surface area contributed by atoms with Gasteiger partial charge in [-0.2, -0.15) is 0 Å². The molecular formula is C21H23N5O2S2. The number of aliphatic hydroxyl groups is 1. The van der Waals surface area contributed by atoms with E-state index < -0.39 is 0 Å². The highest BCUT2D eigenvalue weighted by Crippen LogP contribution is 2.34. The second-order valence-electron chi connectivity index (χ2n) is 7.05. The average Bonchev–Trinajstić information content (AvgIpc) is 3.33. The number of thiazole rings is 1. The van der Waals surface area contributed by atoms with Gasteiger partial charge in [0.05, 0.1) is 28.5 Å². The van der Waals surface area contributed by atoms with E-state index in [-0.39, 0.29) is 12.7 Å². The van der Waals surface area contributed by atoms with E-state index in [1.165, 1.54) is 23.3 Å². The maximum atomic E-state index is 9.44. The topological polar surface area (TPSA) is 98.2 Å². The summed E-state index contributed by atoms with van der Waals surface area (Å²) in [5.41, 5.74) is 4.47. The van der Waals surface area contributed by atoms with E-state index >= 15 is 0 Å². The third-order valence-corrected chi connectivity index (χ3v) is 5.89. The van der Waals surface area contributed by atoms with Crippen LogP contribution in [0.1, 0.15) is 19.7 Å². The van der Waals surface area contributed by atoms with E-state index in [9.17, 15) is 5.11 Å². The van der Waals surface area contributed by atoms with E-state index in [2.05, 4.69) is 10.3 Å². The van der Waals surface area contributed by atoms with Crippen molar-refractivity contribution >= 4 is 45.1 Å². The quantitative estimate of drug-likeness (QED) is 0.358. The first-order chi connectivity index (χ1) is 14.5. The minimum absolute atomic E-state index is 0.0581. The molecular weight excluding hydrogens is 418 g/mol. The molecule has 4 N–H and O–H groups in total. The van der Waals surface area contributed by atoms with E-state index in [1.54, 1.807) is 0 Å². The third kappa shape index (κ3) is 4.15. The molecule has 9 heteroatoms. The summed E-state index contributed by atoms with van der Waals surface area (Å²) < 4.78 is 7.81. The van der Waals surface area contributed by atoms with Crippen LogP contribution in [0, 0.1) is 0 Å². The summed E-state index contributed by atoms with van der Waals surface area (Å²) in [6.07, 6.45) is 0.0581. The van der Waals surface area contributed by atoms with Gasteiger partial charge in [-0.3, -0.25) is 5.14 Å². The molecule has 30 heavy (non-hydrogen) atoms. The number of nitrogens with one attached hydrogen (secondary N) is 1. The SMILES string of the molecule is CC(C)Oc1ccc(SN)cc1Nc1nc(-c2ccc3c(c2)nc(CO)n3C)cs1. The van der Waals surface area contributed by atoms with Gasteiger partial charge in [-0.15, -0.1) is 11.3 Å². The molecule has 7 nitrogen and oxygen atoms in total. The molecule has 2 aromatic carbocycles. The lowest BCUT2D eigenvalue weighted by atomic mass is 10.1. The molecule has 0 saturated heterocycles. The highest BCUT2D eigenvalue weighted by molar-refractivity contribution is 7.97. The molecule has 0 unspecified atom stereocenters. The number of imidazole rings is 1. The zero-order valence-corrected chi connectivity index (χ0v) is 18.5. The summed E-state index contributed by atoms with van der Waals surface area (Å²) in [5, 5.41) is 21.3. The Morgan fingerprint density at radius 2 is 2.07 bits per heavy atom. The Morgan fingerprint density at radius 1 is 1.23 bits per heavy atom. The Hall–Kier alpha value is -2.59. The van der Waals surface area contributed by atoms with Gasteiger partial charge in [0.2, 0.25) is 0 Å².